The van der Waals surface area contributed by atoms with Crippen LogP contribution in [-0.2, 0) is 6.42 Å². The Hall–Kier alpha value is 0.130. The van der Waals surface area contributed by atoms with Crippen LogP contribution in [0.5, 0.6) is 0 Å². The van der Waals surface area contributed by atoms with E-state index in [9.17, 15) is 0 Å². The Morgan fingerprint density at radius 3 is 2.59 bits per heavy atom. The second kappa shape index (κ2) is 5.85. The molecule has 1 nitrogen and oxygen atoms in total. The van der Waals surface area contributed by atoms with Crippen LogP contribution in [0.3, 0.4) is 0 Å². The van der Waals surface area contributed by atoms with E-state index in [-0.39, 0.29) is 6.04 Å². The van der Waals surface area contributed by atoms with Crippen molar-refractivity contribution in [1.29, 1.82) is 0 Å². The molecule has 0 fully saturated rings. The summed E-state index contributed by atoms with van der Waals surface area (Å²) in [4.78, 5) is 1.25. The van der Waals surface area contributed by atoms with Gasteiger partial charge in [0, 0.05) is 36.7 Å². The fourth-order valence-corrected chi connectivity index (χ4v) is 3.91. The summed E-state index contributed by atoms with van der Waals surface area (Å²) in [5, 5.41) is 2.77. The van der Waals surface area contributed by atoms with Crippen molar-refractivity contribution in [3.05, 3.63) is 54.1 Å². The molecule has 0 bridgehead atoms. The molecule has 2 N–H and O–H groups in total. The van der Waals surface area contributed by atoms with Crippen LogP contribution < -0.4 is 5.73 Å². The fourth-order valence-electron chi connectivity index (χ4n) is 1.59. The van der Waals surface area contributed by atoms with Crippen LogP contribution in [0.25, 0.3) is 0 Å². The maximum atomic E-state index is 6.18. The molecule has 0 saturated heterocycles. The first-order valence-corrected chi connectivity index (χ1v) is 7.84. The van der Waals surface area contributed by atoms with Crippen molar-refractivity contribution in [3.8, 4) is 0 Å². The minimum Gasteiger partial charge on any atom is -0.324 e. The molecule has 1 heterocycles. The Labute approximate surface area is 126 Å². The van der Waals surface area contributed by atoms with Gasteiger partial charge in [-0.25, -0.2) is 0 Å². The van der Waals surface area contributed by atoms with Gasteiger partial charge in [-0.15, -0.1) is 11.3 Å². The molecule has 1 atom stereocenters. The Balaban J connectivity index is 2.17. The summed E-state index contributed by atoms with van der Waals surface area (Å²) in [5.41, 5.74) is 7.16. The van der Waals surface area contributed by atoms with Gasteiger partial charge in [0.1, 0.15) is 0 Å². The molecule has 0 spiro atoms. The van der Waals surface area contributed by atoms with Crippen molar-refractivity contribution in [2.75, 3.05) is 0 Å². The van der Waals surface area contributed by atoms with E-state index in [0.29, 0.717) is 5.02 Å². The van der Waals surface area contributed by atoms with E-state index in [1.807, 2.05) is 18.2 Å². The second-order valence-corrected chi connectivity index (χ2v) is 6.94. The van der Waals surface area contributed by atoms with Gasteiger partial charge in [-0.05, 0) is 39.7 Å². The Kier molecular flexibility index (Phi) is 4.66. The monoisotopic (exact) mass is 393 g/mol. The number of benzene rings is 1. The van der Waals surface area contributed by atoms with Gasteiger partial charge in [0.15, 0.2) is 0 Å². The van der Waals surface area contributed by atoms with Crippen molar-refractivity contribution in [2.45, 2.75) is 12.5 Å². The van der Waals surface area contributed by atoms with E-state index < -0.39 is 0 Å². The van der Waals surface area contributed by atoms with Gasteiger partial charge in [-0.3, -0.25) is 0 Å². The van der Waals surface area contributed by atoms with Gasteiger partial charge >= 0.3 is 0 Å². The smallest absolute Gasteiger partial charge is 0.0465 e. The van der Waals surface area contributed by atoms with E-state index in [0.717, 1.165) is 20.9 Å². The first kappa shape index (κ1) is 13.6. The Morgan fingerprint density at radius 2 is 2.00 bits per heavy atom. The molecule has 0 aliphatic rings. The average Bonchev–Trinajstić information content (AvgIpc) is 2.63. The highest BCUT2D eigenvalue weighted by molar-refractivity contribution is 9.10. The number of hydrogen-bond acceptors (Lipinski definition) is 2. The molecule has 90 valence electrons. The standard InChI is InChI=1S/C12H10Br2ClNS/c13-7-1-2-10(11(15)4-7)12(16)5-9-3-8(14)6-17-9/h1-4,6,12H,5,16H2. The summed E-state index contributed by atoms with van der Waals surface area (Å²) < 4.78 is 2.07. The maximum Gasteiger partial charge on any atom is 0.0465 e. The molecule has 0 aliphatic carbocycles. The third-order valence-corrected chi connectivity index (χ3v) is 4.95. The Bertz CT molecular complexity index is 527. The highest BCUT2D eigenvalue weighted by Crippen LogP contribution is 2.29. The lowest BCUT2D eigenvalue weighted by atomic mass is 10.0. The molecule has 0 amide bonds. The van der Waals surface area contributed by atoms with E-state index in [1.54, 1.807) is 11.3 Å². The van der Waals surface area contributed by atoms with E-state index >= 15 is 0 Å². The summed E-state index contributed by atoms with van der Waals surface area (Å²) in [6.45, 7) is 0. The number of thiophene rings is 1. The number of halogens is 3. The zero-order valence-electron chi connectivity index (χ0n) is 8.79. The SMILES string of the molecule is NC(Cc1cc(Br)cs1)c1ccc(Br)cc1Cl. The van der Waals surface area contributed by atoms with Crippen molar-refractivity contribution >= 4 is 54.8 Å². The van der Waals surface area contributed by atoms with E-state index in [2.05, 4.69) is 43.3 Å². The van der Waals surface area contributed by atoms with Crippen LogP contribution in [-0.4, -0.2) is 0 Å². The number of rotatable bonds is 3. The molecule has 17 heavy (non-hydrogen) atoms. The maximum absolute atomic E-state index is 6.18. The lowest BCUT2D eigenvalue weighted by Gasteiger charge is -2.12. The molecular weight excluding hydrogens is 385 g/mol. The van der Waals surface area contributed by atoms with Gasteiger partial charge in [-0.2, -0.15) is 0 Å². The summed E-state index contributed by atoms with van der Waals surface area (Å²) in [7, 11) is 0. The van der Waals surface area contributed by atoms with Gasteiger partial charge < -0.3 is 5.73 Å². The summed E-state index contributed by atoms with van der Waals surface area (Å²) in [6.07, 6.45) is 0.803. The number of hydrogen-bond donors (Lipinski definition) is 1. The lowest BCUT2D eigenvalue weighted by molar-refractivity contribution is 0.730. The molecule has 2 aromatic rings. The van der Waals surface area contributed by atoms with Crippen LogP contribution in [0.2, 0.25) is 5.02 Å². The van der Waals surface area contributed by atoms with E-state index in [1.165, 1.54) is 4.88 Å². The summed E-state index contributed by atoms with van der Waals surface area (Å²) in [6, 6.07) is 7.84. The second-order valence-electron chi connectivity index (χ2n) is 3.71. The van der Waals surface area contributed by atoms with Gasteiger partial charge in [0.05, 0.1) is 0 Å². The van der Waals surface area contributed by atoms with Gasteiger partial charge in [0.25, 0.3) is 0 Å². The van der Waals surface area contributed by atoms with Crippen molar-refractivity contribution in [2.24, 2.45) is 5.73 Å². The van der Waals surface area contributed by atoms with Crippen molar-refractivity contribution in [1.82, 2.24) is 0 Å². The number of nitrogens with two attached hydrogens (primary N) is 1. The fraction of sp³-hybridized carbons (Fsp3) is 0.167. The minimum atomic E-state index is -0.0684. The third kappa shape index (κ3) is 3.55. The predicted molar refractivity (Wildman–Crippen MR) is 81.8 cm³/mol. The van der Waals surface area contributed by atoms with Crippen LogP contribution in [0.4, 0.5) is 0 Å². The largest absolute Gasteiger partial charge is 0.324 e. The Morgan fingerprint density at radius 1 is 1.24 bits per heavy atom. The van der Waals surface area contributed by atoms with Crippen LogP contribution in [0, 0.1) is 0 Å². The normalized spacial score (nSPS) is 12.7. The zero-order valence-corrected chi connectivity index (χ0v) is 13.5. The average molecular weight is 396 g/mol. The van der Waals surface area contributed by atoms with Crippen LogP contribution >= 0.6 is 54.8 Å². The first-order chi connectivity index (χ1) is 8.06. The molecule has 0 aliphatic heterocycles. The molecule has 0 radical (unpaired) electrons. The molecular formula is C12H10Br2ClNS. The highest BCUT2D eigenvalue weighted by Gasteiger charge is 2.12. The highest BCUT2D eigenvalue weighted by atomic mass is 79.9. The molecule has 1 aromatic heterocycles. The zero-order chi connectivity index (χ0) is 12.4. The summed E-state index contributed by atoms with van der Waals surface area (Å²) in [5.74, 6) is 0. The van der Waals surface area contributed by atoms with E-state index in [4.69, 9.17) is 17.3 Å². The minimum absolute atomic E-state index is 0.0684. The third-order valence-electron chi connectivity index (χ3n) is 2.40. The van der Waals surface area contributed by atoms with Gasteiger partial charge in [0.2, 0.25) is 0 Å². The van der Waals surface area contributed by atoms with Crippen LogP contribution in [0.15, 0.2) is 38.6 Å². The molecule has 0 saturated carbocycles. The quantitative estimate of drug-likeness (QED) is 0.762. The first-order valence-electron chi connectivity index (χ1n) is 4.99. The molecule has 2 rings (SSSR count). The van der Waals surface area contributed by atoms with Crippen molar-refractivity contribution in [3.63, 3.8) is 0 Å². The van der Waals surface area contributed by atoms with Gasteiger partial charge in [-0.1, -0.05) is 33.6 Å². The van der Waals surface area contributed by atoms with Crippen molar-refractivity contribution < 1.29 is 0 Å². The van der Waals surface area contributed by atoms with Crippen LogP contribution in [0.1, 0.15) is 16.5 Å². The molecule has 5 heteroatoms. The molecule has 1 aromatic carbocycles. The molecule has 1 unspecified atom stereocenters. The topological polar surface area (TPSA) is 26.0 Å². The lowest BCUT2D eigenvalue weighted by Crippen LogP contribution is -2.13. The predicted octanol–water partition coefficient (Wildman–Crippen LogP) is 5.17. The summed E-state index contributed by atoms with van der Waals surface area (Å²) >= 11 is 14.7.